The highest BCUT2D eigenvalue weighted by Crippen LogP contribution is 2.66. The monoisotopic (exact) mass is 324 g/mol. The van der Waals surface area contributed by atoms with Crippen LogP contribution < -0.4 is 0 Å². The van der Waals surface area contributed by atoms with Crippen LogP contribution in [0.15, 0.2) is 0 Å². The molecule has 23 heavy (non-hydrogen) atoms. The molecule has 6 atom stereocenters. The molecule has 0 aromatic carbocycles. The Kier molecular flexibility index (Phi) is 3.48. The highest BCUT2D eigenvalue weighted by atomic mass is 19.3. The zero-order valence-corrected chi connectivity index (χ0v) is 13.8. The molecular weight excluding hydrogens is 298 g/mol. The lowest BCUT2D eigenvalue weighted by molar-refractivity contribution is -0.183. The first kappa shape index (κ1) is 15.7. The van der Waals surface area contributed by atoms with E-state index in [0.717, 1.165) is 32.1 Å². The molecule has 4 fully saturated rings. The van der Waals surface area contributed by atoms with Crippen LogP contribution in [0, 0.1) is 34.5 Å². The zero-order valence-electron chi connectivity index (χ0n) is 13.8. The fourth-order valence-corrected chi connectivity index (χ4v) is 6.96. The Morgan fingerprint density at radius 2 is 1.78 bits per heavy atom. The first-order valence-corrected chi connectivity index (χ1v) is 9.23. The molecule has 128 valence electrons. The van der Waals surface area contributed by atoms with Crippen molar-refractivity contribution in [1.82, 2.24) is 0 Å². The Labute approximate surface area is 136 Å². The maximum Gasteiger partial charge on any atom is 0.244 e. The minimum absolute atomic E-state index is 0.0123. The molecule has 4 aliphatic rings. The van der Waals surface area contributed by atoms with E-state index in [-0.39, 0.29) is 29.0 Å². The molecule has 0 aromatic rings. The first-order valence-electron chi connectivity index (χ1n) is 9.23. The molecule has 4 rings (SSSR count). The molecule has 0 aliphatic heterocycles. The minimum atomic E-state index is -2.34. The lowest BCUT2D eigenvalue weighted by Crippen LogP contribution is -2.57. The van der Waals surface area contributed by atoms with Gasteiger partial charge >= 0.3 is 0 Å². The highest BCUT2D eigenvalue weighted by molar-refractivity contribution is 5.87. The number of rotatable bonds is 1. The molecule has 4 saturated carbocycles. The predicted octanol–water partition coefficient (Wildman–Crippen LogP) is 4.41. The topological polar surface area (TPSA) is 34.1 Å². The van der Waals surface area contributed by atoms with E-state index in [9.17, 15) is 18.4 Å². The van der Waals surface area contributed by atoms with Crippen molar-refractivity contribution in [3.63, 3.8) is 0 Å². The Hall–Kier alpha value is -0.800. The van der Waals surface area contributed by atoms with E-state index < -0.39 is 11.8 Å². The summed E-state index contributed by atoms with van der Waals surface area (Å²) in [5.74, 6) is 0.959. The van der Waals surface area contributed by atoms with Crippen molar-refractivity contribution >= 4 is 11.6 Å². The average molecular weight is 324 g/mol. The fraction of sp³-hybridized carbons (Fsp3) is 0.895. The maximum atomic E-state index is 14.3. The van der Waals surface area contributed by atoms with Gasteiger partial charge in [-0.15, -0.1) is 0 Å². The molecule has 0 amide bonds. The van der Waals surface area contributed by atoms with E-state index in [4.69, 9.17) is 0 Å². The normalized spacial score (nSPS) is 49.7. The van der Waals surface area contributed by atoms with E-state index in [0.29, 0.717) is 37.4 Å². The van der Waals surface area contributed by atoms with Crippen molar-refractivity contribution in [2.45, 2.75) is 71.1 Å². The van der Waals surface area contributed by atoms with Gasteiger partial charge in [0.05, 0.1) is 0 Å². The summed E-state index contributed by atoms with van der Waals surface area (Å²) in [5.41, 5.74) is -1.22. The van der Waals surface area contributed by atoms with Gasteiger partial charge in [0.2, 0.25) is 6.43 Å². The fourth-order valence-electron chi connectivity index (χ4n) is 6.96. The van der Waals surface area contributed by atoms with Gasteiger partial charge in [-0.25, -0.2) is 8.78 Å². The second-order valence-electron chi connectivity index (χ2n) is 8.72. The van der Waals surface area contributed by atoms with Crippen molar-refractivity contribution in [2.75, 3.05) is 0 Å². The summed E-state index contributed by atoms with van der Waals surface area (Å²) in [5, 5.41) is 0. The van der Waals surface area contributed by atoms with Crippen molar-refractivity contribution in [3.8, 4) is 0 Å². The Morgan fingerprint density at radius 1 is 1.00 bits per heavy atom. The lowest BCUT2D eigenvalue weighted by atomic mass is 9.44. The third-order valence-corrected chi connectivity index (χ3v) is 8.16. The van der Waals surface area contributed by atoms with Crippen LogP contribution in [0.5, 0.6) is 0 Å². The van der Waals surface area contributed by atoms with Gasteiger partial charge in [0, 0.05) is 30.1 Å². The van der Waals surface area contributed by atoms with Crippen LogP contribution in [0.25, 0.3) is 0 Å². The summed E-state index contributed by atoms with van der Waals surface area (Å²) in [6, 6.07) is 0. The molecule has 0 radical (unpaired) electrons. The molecule has 1 unspecified atom stereocenters. The largest absolute Gasteiger partial charge is 0.300 e. The summed E-state index contributed by atoms with van der Waals surface area (Å²) >= 11 is 0. The first-order chi connectivity index (χ1) is 10.9. The van der Waals surface area contributed by atoms with Gasteiger partial charge in [0.15, 0.2) is 0 Å². The van der Waals surface area contributed by atoms with Crippen molar-refractivity contribution in [2.24, 2.45) is 34.5 Å². The number of alkyl halides is 2. The molecule has 0 heterocycles. The second kappa shape index (κ2) is 5.10. The van der Waals surface area contributed by atoms with Gasteiger partial charge < -0.3 is 0 Å². The summed E-state index contributed by atoms with van der Waals surface area (Å²) in [6.45, 7) is 2.08. The summed E-state index contributed by atoms with van der Waals surface area (Å²) in [4.78, 5) is 24.2. The number of carbonyl (C=O) groups excluding carboxylic acids is 2. The van der Waals surface area contributed by atoms with Gasteiger partial charge in [0.25, 0.3) is 0 Å². The van der Waals surface area contributed by atoms with Crippen LogP contribution in [0.2, 0.25) is 0 Å². The van der Waals surface area contributed by atoms with E-state index in [1.165, 1.54) is 0 Å². The van der Waals surface area contributed by atoms with E-state index in [1.807, 2.05) is 0 Å². The summed E-state index contributed by atoms with van der Waals surface area (Å²) in [6.07, 6.45) is 3.43. The molecule has 0 N–H and O–H groups in total. The molecule has 2 nitrogen and oxygen atoms in total. The van der Waals surface area contributed by atoms with Crippen LogP contribution >= 0.6 is 0 Å². The number of fused-ring (bicyclic) bond motifs is 5. The SMILES string of the molecule is C[C@]12CC[C@H]3[C@@H](CCC4CC(=O)CC[C@@]43C(F)F)[C@@H]1CCC2=O. The molecule has 0 spiro atoms. The smallest absolute Gasteiger partial charge is 0.244 e. The van der Waals surface area contributed by atoms with Crippen LogP contribution in [0.4, 0.5) is 8.78 Å². The number of hydrogen-bond acceptors (Lipinski definition) is 2. The van der Waals surface area contributed by atoms with Crippen LogP contribution in [-0.4, -0.2) is 18.0 Å². The van der Waals surface area contributed by atoms with E-state index >= 15 is 0 Å². The van der Waals surface area contributed by atoms with Crippen molar-refractivity contribution < 1.29 is 18.4 Å². The molecule has 0 saturated heterocycles. The maximum absolute atomic E-state index is 14.3. The molecular formula is C19H26F2O2. The minimum Gasteiger partial charge on any atom is -0.300 e. The summed E-state index contributed by atoms with van der Waals surface area (Å²) in [7, 11) is 0. The van der Waals surface area contributed by atoms with Crippen molar-refractivity contribution in [3.05, 3.63) is 0 Å². The van der Waals surface area contributed by atoms with E-state index in [1.54, 1.807) is 0 Å². The Balaban J connectivity index is 1.71. The van der Waals surface area contributed by atoms with Gasteiger partial charge in [0.1, 0.15) is 11.6 Å². The van der Waals surface area contributed by atoms with Crippen LogP contribution in [0.3, 0.4) is 0 Å². The molecule has 0 bridgehead atoms. The predicted molar refractivity (Wildman–Crippen MR) is 82.1 cm³/mol. The Morgan fingerprint density at radius 3 is 2.52 bits per heavy atom. The highest BCUT2D eigenvalue weighted by Gasteiger charge is 2.64. The van der Waals surface area contributed by atoms with Gasteiger partial charge in [-0.05, 0) is 62.2 Å². The molecule has 4 aliphatic carbocycles. The van der Waals surface area contributed by atoms with Gasteiger partial charge in [-0.3, -0.25) is 9.59 Å². The standard InChI is InChI=1S/C19H26F2O2/c1-18-8-7-15-13(14(18)4-5-16(18)23)3-2-11-10-12(22)6-9-19(11,15)17(20)21/h11,13-15,17H,2-10H2,1H3/t11?,13-,14-,15-,18-,19+/m0/s1. The van der Waals surface area contributed by atoms with Crippen LogP contribution in [0.1, 0.15) is 64.7 Å². The van der Waals surface area contributed by atoms with Gasteiger partial charge in [-0.1, -0.05) is 6.92 Å². The van der Waals surface area contributed by atoms with E-state index in [2.05, 4.69) is 6.92 Å². The molecule has 4 heteroatoms. The molecule has 0 aromatic heterocycles. The number of halogens is 2. The summed E-state index contributed by atoms with van der Waals surface area (Å²) < 4.78 is 28.6. The average Bonchev–Trinajstić information content (AvgIpc) is 2.82. The quantitative estimate of drug-likeness (QED) is 0.716. The number of carbonyl (C=O) groups is 2. The number of Topliss-reactive ketones (excluding diaryl/α,β-unsaturated/α-hetero) is 2. The zero-order chi connectivity index (χ0) is 16.4. The Bertz CT molecular complexity index is 545. The lowest BCUT2D eigenvalue weighted by Gasteiger charge is -2.59. The van der Waals surface area contributed by atoms with Crippen molar-refractivity contribution in [1.29, 1.82) is 0 Å². The third-order valence-electron chi connectivity index (χ3n) is 8.16. The second-order valence-corrected chi connectivity index (χ2v) is 8.72. The van der Waals surface area contributed by atoms with Crippen LogP contribution in [-0.2, 0) is 9.59 Å². The third kappa shape index (κ3) is 1.96. The number of ketones is 2. The van der Waals surface area contributed by atoms with Gasteiger partial charge in [-0.2, -0.15) is 0 Å². The number of hydrogen-bond donors (Lipinski definition) is 0.